The summed E-state index contributed by atoms with van der Waals surface area (Å²) < 4.78 is 2.63. The topological polar surface area (TPSA) is 75.9 Å². The summed E-state index contributed by atoms with van der Waals surface area (Å²) in [5.74, 6) is 0.746. The quantitative estimate of drug-likeness (QED) is 0.692. The first-order valence-corrected chi connectivity index (χ1v) is 9.62. The number of aromatic nitrogens is 4. The van der Waals surface area contributed by atoms with E-state index in [0.29, 0.717) is 0 Å². The fourth-order valence-electron chi connectivity index (χ4n) is 3.24. The van der Waals surface area contributed by atoms with Gasteiger partial charge in [-0.15, -0.1) is 0 Å². The van der Waals surface area contributed by atoms with Crippen LogP contribution in [-0.4, -0.2) is 38.7 Å². The third-order valence-electron chi connectivity index (χ3n) is 4.66. The molecule has 0 saturated carbocycles. The van der Waals surface area contributed by atoms with E-state index in [1.54, 1.807) is 29.3 Å². The first-order valence-electron chi connectivity index (χ1n) is 8.83. The number of carbonyl (C=O) groups excluding carboxylic acids is 1. The predicted molar refractivity (Wildman–Crippen MR) is 107 cm³/mol. The fourth-order valence-corrected chi connectivity index (χ4v) is 3.53. The van der Waals surface area contributed by atoms with Gasteiger partial charge in [0.15, 0.2) is 0 Å². The maximum absolute atomic E-state index is 12.8. The molecule has 1 aliphatic heterocycles. The van der Waals surface area contributed by atoms with Gasteiger partial charge in [-0.05, 0) is 47.0 Å². The molecule has 1 saturated heterocycles. The van der Waals surface area contributed by atoms with Crippen LogP contribution in [0.5, 0.6) is 0 Å². The molecule has 2 aromatic heterocycles. The molecule has 1 fully saturated rings. The van der Waals surface area contributed by atoms with Crippen LogP contribution in [0.4, 0.5) is 11.6 Å². The lowest BCUT2D eigenvalue weighted by molar-refractivity contribution is -0.120. The summed E-state index contributed by atoms with van der Waals surface area (Å²) in [4.78, 5) is 23.5. The molecule has 7 nitrogen and oxygen atoms in total. The van der Waals surface area contributed by atoms with Gasteiger partial charge in [0.25, 0.3) is 0 Å². The number of nitrogens with zero attached hydrogens (tertiary/aromatic N) is 5. The van der Waals surface area contributed by atoms with Crippen LogP contribution in [-0.2, 0) is 4.79 Å². The monoisotopic (exact) mass is 426 g/mol. The van der Waals surface area contributed by atoms with Gasteiger partial charge >= 0.3 is 0 Å². The lowest BCUT2D eigenvalue weighted by Crippen LogP contribution is -2.39. The summed E-state index contributed by atoms with van der Waals surface area (Å²) in [6, 6.07) is 9.48. The van der Waals surface area contributed by atoms with E-state index in [0.717, 1.165) is 47.7 Å². The first-order chi connectivity index (χ1) is 13.2. The van der Waals surface area contributed by atoms with E-state index in [1.807, 2.05) is 30.5 Å². The van der Waals surface area contributed by atoms with Gasteiger partial charge in [0, 0.05) is 37.6 Å². The Morgan fingerprint density at radius 1 is 1.11 bits per heavy atom. The molecular formula is C19H19BrN6O. The number of amides is 1. The summed E-state index contributed by atoms with van der Waals surface area (Å²) in [5.41, 5.74) is 1.60. The predicted octanol–water partition coefficient (Wildman–Crippen LogP) is 3.28. The van der Waals surface area contributed by atoms with E-state index in [9.17, 15) is 4.79 Å². The number of rotatable bonds is 4. The summed E-state index contributed by atoms with van der Waals surface area (Å²) in [6.45, 7) is 1.55. The Labute approximate surface area is 165 Å². The molecule has 1 aromatic carbocycles. The minimum Gasteiger partial charge on any atom is -0.341 e. The molecule has 0 unspecified atom stereocenters. The van der Waals surface area contributed by atoms with Gasteiger partial charge in [-0.3, -0.25) is 4.79 Å². The van der Waals surface area contributed by atoms with E-state index in [4.69, 9.17) is 0 Å². The number of anilines is 2. The van der Waals surface area contributed by atoms with Gasteiger partial charge in [0.05, 0.1) is 22.0 Å². The summed E-state index contributed by atoms with van der Waals surface area (Å²) >= 11 is 3.41. The highest BCUT2D eigenvalue weighted by atomic mass is 79.9. The molecule has 1 amide bonds. The minimum absolute atomic E-state index is 0.0256. The van der Waals surface area contributed by atoms with Crippen molar-refractivity contribution in [2.75, 3.05) is 23.3 Å². The zero-order valence-corrected chi connectivity index (χ0v) is 16.2. The molecule has 4 rings (SSSR count). The van der Waals surface area contributed by atoms with Crippen molar-refractivity contribution in [3.8, 4) is 5.69 Å². The second kappa shape index (κ2) is 7.87. The molecule has 0 spiro atoms. The second-order valence-electron chi connectivity index (χ2n) is 6.42. The Morgan fingerprint density at radius 3 is 2.56 bits per heavy atom. The number of carbonyl (C=O) groups is 1. The average Bonchev–Trinajstić information content (AvgIpc) is 3.15. The lowest BCUT2D eigenvalue weighted by Gasteiger charge is -2.31. The number of nitrogens with one attached hydrogen (secondary N) is 1. The van der Waals surface area contributed by atoms with Crippen molar-refractivity contribution >= 4 is 33.5 Å². The maximum atomic E-state index is 12.8. The molecule has 1 aliphatic rings. The van der Waals surface area contributed by atoms with Crippen LogP contribution in [0.3, 0.4) is 0 Å². The van der Waals surface area contributed by atoms with Crippen molar-refractivity contribution in [1.82, 2.24) is 19.7 Å². The normalized spacial score (nSPS) is 14.9. The summed E-state index contributed by atoms with van der Waals surface area (Å²) in [6.07, 6.45) is 8.62. The summed E-state index contributed by atoms with van der Waals surface area (Å²) in [5, 5.41) is 7.39. The zero-order valence-electron chi connectivity index (χ0n) is 14.6. The van der Waals surface area contributed by atoms with Crippen LogP contribution in [0.1, 0.15) is 12.8 Å². The second-order valence-corrected chi connectivity index (χ2v) is 7.34. The van der Waals surface area contributed by atoms with E-state index in [2.05, 4.69) is 41.2 Å². The molecule has 1 N–H and O–H groups in total. The first kappa shape index (κ1) is 17.7. The van der Waals surface area contributed by atoms with E-state index < -0.39 is 0 Å². The highest BCUT2D eigenvalue weighted by Gasteiger charge is 2.26. The van der Waals surface area contributed by atoms with Crippen LogP contribution >= 0.6 is 15.9 Å². The smallest absolute Gasteiger partial charge is 0.227 e. The number of piperidine rings is 1. The Bertz CT molecular complexity index is 921. The van der Waals surface area contributed by atoms with Gasteiger partial charge in [0.1, 0.15) is 0 Å². The maximum Gasteiger partial charge on any atom is 0.227 e. The van der Waals surface area contributed by atoms with E-state index in [-0.39, 0.29) is 11.8 Å². The van der Waals surface area contributed by atoms with Crippen molar-refractivity contribution < 1.29 is 4.79 Å². The molecule has 0 aliphatic carbocycles. The minimum atomic E-state index is -0.0256. The largest absolute Gasteiger partial charge is 0.341 e. The molecule has 3 heterocycles. The Balaban J connectivity index is 1.42. The molecular weight excluding hydrogens is 408 g/mol. The van der Waals surface area contributed by atoms with Crippen molar-refractivity contribution in [2.45, 2.75) is 12.8 Å². The van der Waals surface area contributed by atoms with Crippen LogP contribution in [0.2, 0.25) is 0 Å². The fraction of sp³-hybridized carbons (Fsp3) is 0.263. The number of hydrogen-bond donors (Lipinski definition) is 1. The number of hydrogen-bond acceptors (Lipinski definition) is 5. The molecule has 3 aromatic rings. The van der Waals surface area contributed by atoms with Gasteiger partial charge in [-0.1, -0.05) is 12.1 Å². The van der Waals surface area contributed by atoms with Crippen LogP contribution in [0, 0.1) is 5.92 Å². The lowest BCUT2D eigenvalue weighted by atomic mass is 9.96. The molecule has 27 heavy (non-hydrogen) atoms. The standard InChI is InChI=1S/C19H19BrN6O/c20-15-12-23-26(13-15)17-5-2-1-4-16(17)24-18(27)14-6-10-25(11-7-14)19-21-8-3-9-22-19/h1-5,8-9,12-14H,6-7,10-11H2,(H,24,27). The third kappa shape index (κ3) is 4.00. The van der Waals surface area contributed by atoms with Crippen molar-refractivity contribution in [3.63, 3.8) is 0 Å². The number of para-hydroxylation sites is 2. The third-order valence-corrected chi connectivity index (χ3v) is 5.07. The summed E-state index contributed by atoms with van der Waals surface area (Å²) in [7, 11) is 0. The Hall–Kier alpha value is -2.74. The molecule has 0 atom stereocenters. The molecule has 0 bridgehead atoms. The number of benzene rings is 1. The van der Waals surface area contributed by atoms with Crippen LogP contribution in [0.15, 0.2) is 59.6 Å². The Kier molecular flexibility index (Phi) is 5.15. The van der Waals surface area contributed by atoms with E-state index >= 15 is 0 Å². The van der Waals surface area contributed by atoms with Crippen LogP contribution < -0.4 is 10.2 Å². The highest BCUT2D eigenvalue weighted by molar-refractivity contribution is 9.10. The van der Waals surface area contributed by atoms with Crippen molar-refractivity contribution in [3.05, 3.63) is 59.6 Å². The van der Waals surface area contributed by atoms with Gasteiger partial charge in [-0.25, -0.2) is 14.6 Å². The molecule has 0 radical (unpaired) electrons. The van der Waals surface area contributed by atoms with E-state index in [1.165, 1.54) is 0 Å². The Morgan fingerprint density at radius 2 is 1.85 bits per heavy atom. The van der Waals surface area contributed by atoms with Gasteiger partial charge in [-0.2, -0.15) is 5.10 Å². The highest BCUT2D eigenvalue weighted by Crippen LogP contribution is 2.25. The van der Waals surface area contributed by atoms with Gasteiger partial charge in [0.2, 0.25) is 11.9 Å². The zero-order chi connectivity index (χ0) is 18.6. The van der Waals surface area contributed by atoms with Crippen LogP contribution in [0.25, 0.3) is 5.69 Å². The van der Waals surface area contributed by atoms with Crippen molar-refractivity contribution in [1.29, 1.82) is 0 Å². The molecule has 8 heteroatoms. The van der Waals surface area contributed by atoms with Crippen molar-refractivity contribution in [2.24, 2.45) is 5.92 Å². The molecule has 138 valence electrons. The number of halogens is 1. The van der Waals surface area contributed by atoms with Gasteiger partial charge < -0.3 is 10.2 Å². The SMILES string of the molecule is O=C(Nc1ccccc1-n1cc(Br)cn1)C1CCN(c2ncccn2)CC1. The average molecular weight is 427 g/mol.